The average molecular weight is 587 g/mol. The molecule has 2 aromatic carbocycles. The van der Waals surface area contributed by atoms with Crippen LogP contribution in [0.25, 0.3) is 0 Å². The number of nitrogens with zero attached hydrogens (tertiary/aromatic N) is 1. The fourth-order valence-corrected chi connectivity index (χ4v) is 6.07. The van der Waals surface area contributed by atoms with E-state index in [0.717, 1.165) is 0 Å². The predicted molar refractivity (Wildman–Crippen MR) is 150 cm³/mol. The third kappa shape index (κ3) is 8.35. The Hall–Kier alpha value is -2.30. The van der Waals surface area contributed by atoms with Crippen molar-refractivity contribution in [1.29, 1.82) is 0 Å². The highest BCUT2D eigenvalue weighted by atomic mass is 32.2. The number of carbonyl (C=O) groups is 1. The number of aliphatic imine (C=N–C) groups is 1. The van der Waals surface area contributed by atoms with Crippen LogP contribution in [-0.2, 0) is 34.1 Å². The molecular formula is C27H37F2N2O6PS. The van der Waals surface area contributed by atoms with Gasteiger partial charge in [0, 0.05) is 11.1 Å². The van der Waals surface area contributed by atoms with Gasteiger partial charge in [0.15, 0.2) is 6.04 Å². The first-order valence-electron chi connectivity index (χ1n) is 12.6. The van der Waals surface area contributed by atoms with Gasteiger partial charge in [-0.15, -0.1) is 0 Å². The van der Waals surface area contributed by atoms with E-state index in [-0.39, 0.29) is 25.5 Å². The number of hydrogen-bond acceptors (Lipinski definition) is 7. The molecule has 3 atom stereocenters. The summed E-state index contributed by atoms with van der Waals surface area (Å²) in [5.74, 6) is -1.12. The van der Waals surface area contributed by atoms with Crippen LogP contribution in [0.4, 0.5) is 8.78 Å². The minimum absolute atomic E-state index is 0.133. The lowest BCUT2D eigenvalue weighted by atomic mass is 10.0. The number of nitrogens with one attached hydrogen (secondary N) is 1. The lowest BCUT2D eigenvalue weighted by Gasteiger charge is -2.36. The summed E-state index contributed by atoms with van der Waals surface area (Å²) in [6.45, 7) is 8.17. The summed E-state index contributed by atoms with van der Waals surface area (Å²) < 4.78 is 75.9. The highest BCUT2D eigenvalue weighted by molar-refractivity contribution is 7.84. The van der Waals surface area contributed by atoms with Crippen molar-refractivity contribution in [2.45, 2.75) is 64.0 Å². The molecule has 1 N–H and O–H groups in total. The van der Waals surface area contributed by atoms with E-state index in [0.29, 0.717) is 11.1 Å². The lowest BCUT2D eigenvalue weighted by molar-refractivity contribution is -0.147. The second-order valence-electron chi connectivity index (χ2n) is 9.30. The first-order valence-corrected chi connectivity index (χ1v) is 15.3. The monoisotopic (exact) mass is 586 g/mol. The molecule has 2 aromatic rings. The van der Waals surface area contributed by atoms with E-state index >= 15 is 8.78 Å². The Morgan fingerprint density at radius 3 is 1.77 bits per heavy atom. The standard InChI is InChI=1S/C27H37F2N2O6PS/c1-7-35-25(32)23(30-22(20-16-12-10-13-17-20)21-18-14-11-15-19-21)24(31-39(34)26(4,5)6)27(28,29)38(33,36-8-2)37-9-3/h10-19,23-24,31H,7-9H2,1-6H3/t23-,24-,39?/m0/s1. The van der Waals surface area contributed by atoms with E-state index in [1.165, 1.54) is 20.8 Å². The molecule has 39 heavy (non-hydrogen) atoms. The maximum Gasteiger partial charge on any atom is 0.401 e. The highest BCUT2D eigenvalue weighted by Crippen LogP contribution is 2.63. The van der Waals surface area contributed by atoms with Gasteiger partial charge < -0.3 is 13.8 Å². The molecule has 0 bridgehead atoms. The second-order valence-corrected chi connectivity index (χ2v) is 13.4. The summed E-state index contributed by atoms with van der Waals surface area (Å²) in [6.07, 6.45) is 0. The number of rotatable bonds is 14. The summed E-state index contributed by atoms with van der Waals surface area (Å²) in [5, 5.41) is 0. The zero-order chi connectivity index (χ0) is 29.3. The second kappa shape index (κ2) is 14.4. The number of ether oxygens (including phenoxy) is 1. The summed E-state index contributed by atoms with van der Waals surface area (Å²) in [4.78, 5) is 17.8. The quantitative estimate of drug-likeness (QED) is 0.172. The van der Waals surface area contributed by atoms with Gasteiger partial charge in [-0.05, 0) is 41.5 Å². The molecular weight excluding hydrogens is 549 g/mol. The third-order valence-corrected chi connectivity index (χ3v) is 9.12. The number of carbonyl (C=O) groups excluding carboxylic acids is 1. The molecule has 0 spiro atoms. The van der Waals surface area contributed by atoms with Crippen molar-refractivity contribution in [3.05, 3.63) is 71.8 Å². The molecule has 0 saturated carbocycles. The van der Waals surface area contributed by atoms with Crippen LogP contribution in [0.1, 0.15) is 52.7 Å². The van der Waals surface area contributed by atoms with E-state index in [9.17, 15) is 13.6 Å². The Kier molecular flexibility index (Phi) is 12.1. The Balaban J connectivity index is 2.88. The number of benzene rings is 2. The molecule has 0 aliphatic heterocycles. The van der Waals surface area contributed by atoms with Crippen LogP contribution >= 0.6 is 7.60 Å². The van der Waals surface area contributed by atoms with Crippen molar-refractivity contribution in [2.24, 2.45) is 4.99 Å². The van der Waals surface area contributed by atoms with E-state index in [1.807, 2.05) is 0 Å². The zero-order valence-electron chi connectivity index (χ0n) is 23.1. The fourth-order valence-electron chi connectivity index (χ4n) is 3.47. The van der Waals surface area contributed by atoms with E-state index in [4.69, 9.17) is 13.8 Å². The Bertz CT molecular complexity index is 1120. The molecule has 0 aliphatic rings. The minimum atomic E-state index is -5.19. The Morgan fingerprint density at radius 2 is 1.38 bits per heavy atom. The number of hydrogen-bond donors (Lipinski definition) is 1. The van der Waals surface area contributed by atoms with Gasteiger partial charge in [-0.2, -0.15) is 8.78 Å². The van der Waals surface area contributed by atoms with Crippen molar-refractivity contribution in [3.8, 4) is 0 Å². The van der Waals surface area contributed by atoms with Gasteiger partial charge in [0.05, 0.1) is 41.3 Å². The van der Waals surface area contributed by atoms with Crippen LogP contribution < -0.4 is 4.72 Å². The van der Waals surface area contributed by atoms with Gasteiger partial charge in [0.25, 0.3) is 0 Å². The zero-order valence-corrected chi connectivity index (χ0v) is 24.8. The summed E-state index contributed by atoms with van der Waals surface area (Å²) in [5.41, 5.74) is -3.06. The van der Waals surface area contributed by atoms with Gasteiger partial charge in [0.2, 0.25) is 0 Å². The van der Waals surface area contributed by atoms with Gasteiger partial charge >= 0.3 is 19.2 Å². The molecule has 0 heterocycles. The van der Waals surface area contributed by atoms with Gasteiger partial charge in [-0.3, -0.25) is 9.56 Å². The van der Waals surface area contributed by atoms with Crippen LogP contribution in [0.3, 0.4) is 0 Å². The van der Waals surface area contributed by atoms with E-state index < -0.39 is 47.0 Å². The smallest absolute Gasteiger partial charge is 0.401 e. The van der Waals surface area contributed by atoms with E-state index in [1.54, 1.807) is 81.4 Å². The van der Waals surface area contributed by atoms with Crippen molar-refractivity contribution in [1.82, 2.24) is 4.72 Å². The molecule has 216 valence electrons. The molecule has 0 aromatic heterocycles. The van der Waals surface area contributed by atoms with Crippen molar-refractivity contribution in [2.75, 3.05) is 19.8 Å². The highest BCUT2D eigenvalue weighted by Gasteiger charge is 2.63. The van der Waals surface area contributed by atoms with Crippen molar-refractivity contribution >= 4 is 30.3 Å². The molecule has 0 aliphatic carbocycles. The SMILES string of the molecule is CCOC(=O)[C@@H](N=C(c1ccccc1)c1ccccc1)[C@H](NS(=O)C(C)(C)C)C(F)(F)P(=O)(OCC)OCC. The Labute approximate surface area is 231 Å². The van der Waals surface area contributed by atoms with Gasteiger partial charge in [0.1, 0.15) is 6.04 Å². The average Bonchev–Trinajstić information content (AvgIpc) is 2.89. The summed E-state index contributed by atoms with van der Waals surface area (Å²) in [7, 11) is -7.33. The van der Waals surface area contributed by atoms with Crippen molar-refractivity contribution in [3.63, 3.8) is 0 Å². The normalized spacial score (nSPS) is 14.8. The lowest BCUT2D eigenvalue weighted by Crippen LogP contribution is -2.57. The summed E-state index contributed by atoms with van der Waals surface area (Å²) in [6, 6.07) is 13.0. The van der Waals surface area contributed by atoms with Crippen molar-refractivity contribution < 1.29 is 36.1 Å². The van der Waals surface area contributed by atoms with Gasteiger partial charge in [-0.1, -0.05) is 60.7 Å². The van der Waals surface area contributed by atoms with Gasteiger partial charge in [-0.25, -0.2) is 13.7 Å². The predicted octanol–water partition coefficient (Wildman–Crippen LogP) is 5.74. The molecule has 12 heteroatoms. The minimum Gasteiger partial charge on any atom is -0.464 e. The molecule has 2 rings (SSSR count). The number of alkyl halides is 2. The van der Waals surface area contributed by atoms with E-state index in [2.05, 4.69) is 9.71 Å². The number of esters is 1. The fraction of sp³-hybridized carbons (Fsp3) is 0.481. The summed E-state index contributed by atoms with van der Waals surface area (Å²) >= 11 is 0. The Morgan fingerprint density at radius 1 is 0.923 bits per heavy atom. The van der Waals surface area contributed by atoms with Crippen LogP contribution in [-0.4, -0.2) is 58.2 Å². The molecule has 0 fully saturated rings. The molecule has 1 unspecified atom stereocenters. The molecule has 8 nitrogen and oxygen atoms in total. The van der Waals surface area contributed by atoms with Crippen LogP contribution in [0.15, 0.2) is 65.7 Å². The topological polar surface area (TPSA) is 103 Å². The molecule has 0 radical (unpaired) electrons. The first-order chi connectivity index (χ1) is 18.3. The molecule has 0 saturated heterocycles. The van der Waals surface area contributed by atoms with Crippen LogP contribution in [0, 0.1) is 0 Å². The maximum atomic E-state index is 16.4. The largest absolute Gasteiger partial charge is 0.464 e. The third-order valence-electron chi connectivity index (χ3n) is 5.33. The van der Waals surface area contributed by atoms with Crippen LogP contribution in [0.2, 0.25) is 0 Å². The molecule has 0 amide bonds. The number of halogens is 2. The first kappa shape index (κ1) is 32.9. The van der Waals surface area contributed by atoms with Crippen LogP contribution in [0.5, 0.6) is 0 Å². The maximum absolute atomic E-state index is 16.4.